The van der Waals surface area contributed by atoms with Gasteiger partial charge in [0.1, 0.15) is 5.82 Å². The zero-order valence-corrected chi connectivity index (χ0v) is 8.11. The number of nitrogens with zero attached hydrogens (tertiary/aromatic N) is 1. The second-order valence-corrected chi connectivity index (χ2v) is 3.10. The van der Waals surface area contributed by atoms with Crippen LogP contribution in [0.4, 0.5) is 4.39 Å². The Kier molecular flexibility index (Phi) is 3.38. The average molecular weight is 211 g/mol. The van der Waals surface area contributed by atoms with Crippen LogP contribution in [0.5, 0.6) is 0 Å². The summed E-state index contributed by atoms with van der Waals surface area (Å²) in [5, 5.41) is 8.42. The molecule has 1 N–H and O–H groups in total. The maximum absolute atomic E-state index is 12.8. The molecular formula is C10H10FNO3. The van der Waals surface area contributed by atoms with E-state index in [9.17, 15) is 14.0 Å². The summed E-state index contributed by atoms with van der Waals surface area (Å²) < 4.78 is 12.8. The van der Waals surface area contributed by atoms with Crippen molar-refractivity contribution in [2.24, 2.45) is 0 Å². The van der Waals surface area contributed by atoms with Crippen molar-refractivity contribution in [3.8, 4) is 0 Å². The van der Waals surface area contributed by atoms with Gasteiger partial charge in [0.05, 0.1) is 0 Å². The van der Waals surface area contributed by atoms with Crippen LogP contribution in [0.2, 0.25) is 0 Å². The first-order valence-corrected chi connectivity index (χ1v) is 4.23. The summed E-state index contributed by atoms with van der Waals surface area (Å²) in [5.74, 6) is -2.95. The van der Waals surface area contributed by atoms with Crippen LogP contribution in [0, 0.1) is 5.82 Å². The number of aliphatic carboxylic acids is 1. The largest absolute Gasteiger partial charge is 0.474 e. The van der Waals surface area contributed by atoms with E-state index in [1.54, 1.807) is 6.07 Å². The highest BCUT2D eigenvalue weighted by atomic mass is 19.1. The van der Waals surface area contributed by atoms with Gasteiger partial charge in [-0.05, 0) is 17.7 Å². The summed E-state index contributed by atoms with van der Waals surface area (Å²) in [4.78, 5) is 22.3. The van der Waals surface area contributed by atoms with Crippen LogP contribution in [0.3, 0.4) is 0 Å². The van der Waals surface area contributed by atoms with Gasteiger partial charge in [0, 0.05) is 13.6 Å². The lowest BCUT2D eigenvalue weighted by Gasteiger charge is -2.14. The molecule has 80 valence electrons. The van der Waals surface area contributed by atoms with Crippen molar-refractivity contribution in [1.82, 2.24) is 4.90 Å². The quantitative estimate of drug-likeness (QED) is 0.738. The normalized spacial score (nSPS) is 9.73. The van der Waals surface area contributed by atoms with Gasteiger partial charge < -0.3 is 10.0 Å². The first-order valence-electron chi connectivity index (χ1n) is 4.23. The molecule has 15 heavy (non-hydrogen) atoms. The van der Waals surface area contributed by atoms with E-state index in [2.05, 4.69) is 0 Å². The van der Waals surface area contributed by atoms with Crippen molar-refractivity contribution in [2.45, 2.75) is 6.54 Å². The number of likely N-dealkylation sites (N-methyl/N-ethyl adjacent to an activating group) is 1. The number of amides is 1. The van der Waals surface area contributed by atoms with Crippen molar-refractivity contribution in [3.63, 3.8) is 0 Å². The number of carbonyl (C=O) groups excluding carboxylic acids is 1. The number of carbonyl (C=O) groups is 2. The lowest BCUT2D eigenvalue weighted by atomic mass is 10.2. The highest BCUT2D eigenvalue weighted by Crippen LogP contribution is 2.06. The third kappa shape index (κ3) is 3.05. The number of carboxylic acids is 1. The van der Waals surface area contributed by atoms with Gasteiger partial charge in [0.15, 0.2) is 0 Å². The standard InChI is InChI=1S/C10H10FNO3/c1-12(9(13)10(14)15)6-7-3-2-4-8(11)5-7/h2-5H,6H2,1H3,(H,14,15). The van der Waals surface area contributed by atoms with E-state index < -0.39 is 17.7 Å². The molecule has 0 spiro atoms. The average Bonchev–Trinajstić information content (AvgIpc) is 2.16. The van der Waals surface area contributed by atoms with Crippen LogP contribution in [-0.4, -0.2) is 28.9 Å². The molecule has 0 fully saturated rings. The number of hydrogen-bond donors (Lipinski definition) is 1. The zero-order valence-electron chi connectivity index (χ0n) is 8.11. The minimum Gasteiger partial charge on any atom is -0.474 e. The molecule has 1 aromatic rings. The summed E-state index contributed by atoms with van der Waals surface area (Å²) >= 11 is 0. The minimum absolute atomic E-state index is 0.0723. The van der Waals surface area contributed by atoms with E-state index in [4.69, 9.17) is 5.11 Å². The maximum Gasteiger partial charge on any atom is 0.394 e. The monoisotopic (exact) mass is 211 g/mol. The molecular weight excluding hydrogens is 201 g/mol. The smallest absolute Gasteiger partial charge is 0.394 e. The van der Waals surface area contributed by atoms with Crippen molar-refractivity contribution < 1.29 is 19.1 Å². The van der Waals surface area contributed by atoms with E-state index in [1.165, 1.54) is 25.2 Å². The van der Waals surface area contributed by atoms with Crippen LogP contribution in [-0.2, 0) is 16.1 Å². The molecule has 1 rings (SSSR count). The number of hydrogen-bond acceptors (Lipinski definition) is 2. The lowest BCUT2D eigenvalue weighted by Crippen LogP contribution is -2.32. The van der Waals surface area contributed by atoms with Gasteiger partial charge in [-0.15, -0.1) is 0 Å². The Labute approximate surface area is 85.9 Å². The van der Waals surface area contributed by atoms with E-state index >= 15 is 0 Å². The van der Waals surface area contributed by atoms with Crippen LogP contribution in [0.25, 0.3) is 0 Å². The summed E-state index contributed by atoms with van der Waals surface area (Å²) in [6, 6.07) is 5.66. The van der Waals surface area contributed by atoms with Crippen molar-refractivity contribution >= 4 is 11.9 Å². The minimum atomic E-state index is -1.52. The molecule has 4 nitrogen and oxygen atoms in total. The van der Waals surface area contributed by atoms with Gasteiger partial charge in [-0.25, -0.2) is 9.18 Å². The number of carboxylic acid groups (broad SMARTS) is 1. The third-order valence-corrected chi connectivity index (χ3v) is 1.84. The molecule has 0 saturated carbocycles. The second-order valence-electron chi connectivity index (χ2n) is 3.10. The molecule has 0 atom stereocenters. The van der Waals surface area contributed by atoms with Crippen LogP contribution in [0.15, 0.2) is 24.3 Å². The Morgan fingerprint density at radius 1 is 1.47 bits per heavy atom. The number of rotatable bonds is 2. The Bertz CT molecular complexity index is 392. The van der Waals surface area contributed by atoms with Gasteiger partial charge in [-0.3, -0.25) is 4.79 Å². The van der Waals surface area contributed by atoms with Gasteiger partial charge in [-0.2, -0.15) is 0 Å². The molecule has 0 heterocycles. The molecule has 0 bridgehead atoms. The molecule has 0 aliphatic rings. The van der Waals surface area contributed by atoms with Crippen LogP contribution < -0.4 is 0 Å². The van der Waals surface area contributed by atoms with Gasteiger partial charge in [0.2, 0.25) is 0 Å². The summed E-state index contributed by atoms with van der Waals surface area (Å²) in [6.07, 6.45) is 0. The first-order chi connectivity index (χ1) is 7.00. The fraction of sp³-hybridized carbons (Fsp3) is 0.200. The molecule has 0 aliphatic heterocycles. The number of benzene rings is 1. The van der Waals surface area contributed by atoms with Crippen molar-refractivity contribution in [1.29, 1.82) is 0 Å². The fourth-order valence-electron chi connectivity index (χ4n) is 1.14. The molecule has 1 aromatic carbocycles. The Morgan fingerprint density at radius 2 is 2.13 bits per heavy atom. The van der Waals surface area contributed by atoms with Gasteiger partial charge in [0.25, 0.3) is 0 Å². The Balaban J connectivity index is 2.70. The summed E-state index contributed by atoms with van der Waals surface area (Å²) in [6.45, 7) is 0.0723. The predicted octanol–water partition coefficient (Wildman–Crippen LogP) is 0.869. The first kappa shape index (κ1) is 11.2. The third-order valence-electron chi connectivity index (χ3n) is 1.84. The molecule has 0 aliphatic carbocycles. The molecule has 0 unspecified atom stereocenters. The van der Waals surface area contributed by atoms with Crippen molar-refractivity contribution in [3.05, 3.63) is 35.6 Å². The van der Waals surface area contributed by atoms with E-state index in [-0.39, 0.29) is 6.54 Å². The SMILES string of the molecule is CN(Cc1cccc(F)c1)C(=O)C(=O)O. The molecule has 1 amide bonds. The predicted molar refractivity (Wildman–Crippen MR) is 50.5 cm³/mol. The Hall–Kier alpha value is -1.91. The second kappa shape index (κ2) is 4.54. The molecule has 0 saturated heterocycles. The zero-order chi connectivity index (χ0) is 11.4. The lowest BCUT2D eigenvalue weighted by molar-refractivity contribution is -0.155. The summed E-state index contributed by atoms with van der Waals surface area (Å²) in [5.41, 5.74) is 0.548. The topological polar surface area (TPSA) is 57.6 Å². The van der Waals surface area contributed by atoms with Crippen molar-refractivity contribution in [2.75, 3.05) is 7.05 Å². The van der Waals surface area contributed by atoms with E-state index in [0.717, 1.165) is 4.90 Å². The highest BCUT2D eigenvalue weighted by molar-refractivity contribution is 6.31. The van der Waals surface area contributed by atoms with Gasteiger partial charge >= 0.3 is 11.9 Å². The summed E-state index contributed by atoms with van der Waals surface area (Å²) in [7, 11) is 1.35. The molecule has 5 heteroatoms. The van der Waals surface area contributed by atoms with E-state index in [0.29, 0.717) is 5.56 Å². The molecule has 0 aromatic heterocycles. The fourth-order valence-corrected chi connectivity index (χ4v) is 1.14. The van der Waals surface area contributed by atoms with Gasteiger partial charge in [-0.1, -0.05) is 12.1 Å². The highest BCUT2D eigenvalue weighted by Gasteiger charge is 2.16. The Morgan fingerprint density at radius 3 is 2.67 bits per heavy atom. The molecule has 0 radical (unpaired) electrons. The van der Waals surface area contributed by atoms with Crippen LogP contribution in [0.1, 0.15) is 5.56 Å². The van der Waals surface area contributed by atoms with E-state index in [1.807, 2.05) is 0 Å². The number of halogens is 1. The van der Waals surface area contributed by atoms with Crippen LogP contribution >= 0.6 is 0 Å². The maximum atomic E-state index is 12.8.